The van der Waals surface area contributed by atoms with Gasteiger partial charge in [-0.05, 0) is 24.5 Å². The molecular formula is C15H20N2O4. The van der Waals surface area contributed by atoms with Gasteiger partial charge >= 0.3 is 12.0 Å². The number of para-hydroxylation sites is 1. The molecule has 3 N–H and O–H groups in total. The van der Waals surface area contributed by atoms with Crippen LogP contribution in [0.15, 0.2) is 18.2 Å². The number of aliphatic carboxylic acids is 1. The molecule has 1 aliphatic rings. The van der Waals surface area contributed by atoms with Crippen molar-refractivity contribution < 1.29 is 19.4 Å². The molecule has 1 aromatic rings. The van der Waals surface area contributed by atoms with Crippen LogP contribution in [-0.4, -0.2) is 36.4 Å². The summed E-state index contributed by atoms with van der Waals surface area (Å²) in [5.74, 6) is -1.65. The molecule has 1 aliphatic heterocycles. The van der Waals surface area contributed by atoms with Crippen LogP contribution in [0.25, 0.3) is 0 Å². The van der Waals surface area contributed by atoms with Crippen molar-refractivity contribution in [1.29, 1.82) is 0 Å². The van der Waals surface area contributed by atoms with E-state index in [0.29, 0.717) is 0 Å². The predicted octanol–water partition coefficient (Wildman–Crippen LogP) is 1.78. The number of carbonyl (C=O) groups is 2. The van der Waals surface area contributed by atoms with Crippen LogP contribution in [-0.2, 0) is 16.0 Å². The number of carbonyl (C=O) groups excluding carboxylic acids is 1. The molecule has 1 heterocycles. The number of ether oxygens (including phenoxy) is 1. The fourth-order valence-electron chi connectivity index (χ4n) is 2.46. The summed E-state index contributed by atoms with van der Waals surface area (Å²) >= 11 is 0. The maximum Gasteiger partial charge on any atom is 0.319 e. The van der Waals surface area contributed by atoms with Crippen molar-refractivity contribution >= 4 is 17.7 Å². The lowest BCUT2D eigenvalue weighted by atomic mass is 10.0. The summed E-state index contributed by atoms with van der Waals surface area (Å²) in [7, 11) is 0. The molecule has 21 heavy (non-hydrogen) atoms. The van der Waals surface area contributed by atoms with Crippen molar-refractivity contribution in [3.8, 4) is 0 Å². The van der Waals surface area contributed by atoms with Gasteiger partial charge in [-0.2, -0.15) is 0 Å². The summed E-state index contributed by atoms with van der Waals surface area (Å²) in [5.41, 5.74) is 2.80. The standard InChI is InChI=1S/C15H20N2O4/c1-3-10-6-4-5-9(2)13(10)17-15(20)16-12-8-21-7-11(12)14(18)19/h4-6,11-12H,3,7-8H2,1-2H3,(H,18,19)(H2,16,17,20). The number of carboxylic acid groups (broad SMARTS) is 1. The number of carboxylic acids is 1. The second kappa shape index (κ2) is 6.58. The molecule has 2 amide bonds. The molecule has 0 aromatic heterocycles. The SMILES string of the molecule is CCc1cccc(C)c1NC(=O)NC1COCC1C(=O)O. The number of aryl methyl sites for hydroxylation is 2. The summed E-state index contributed by atoms with van der Waals surface area (Å²) in [6.45, 7) is 4.29. The van der Waals surface area contributed by atoms with Crippen LogP contribution in [0.2, 0.25) is 0 Å². The second-order valence-corrected chi connectivity index (χ2v) is 5.15. The minimum atomic E-state index is -0.956. The van der Waals surface area contributed by atoms with Crippen LogP contribution in [0, 0.1) is 12.8 Å². The quantitative estimate of drug-likeness (QED) is 0.789. The fraction of sp³-hybridized carbons (Fsp3) is 0.467. The Morgan fingerprint density at radius 3 is 2.81 bits per heavy atom. The fourth-order valence-corrected chi connectivity index (χ4v) is 2.46. The Bertz CT molecular complexity index is 544. The van der Waals surface area contributed by atoms with Crippen molar-refractivity contribution in [2.45, 2.75) is 26.3 Å². The third kappa shape index (κ3) is 3.52. The summed E-state index contributed by atoms with van der Waals surface area (Å²) in [4.78, 5) is 23.1. The molecule has 2 atom stereocenters. The van der Waals surface area contributed by atoms with Crippen LogP contribution in [0.1, 0.15) is 18.1 Å². The average molecular weight is 292 g/mol. The highest BCUT2D eigenvalue weighted by molar-refractivity contribution is 5.91. The first-order valence-electron chi connectivity index (χ1n) is 6.99. The molecule has 1 saturated heterocycles. The van der Waals surface area contributed by atoms with E-state index in [1.54, 1.807) is 0 Å². The highest BCUT2D eigenvalue weighted by Gasteiger charge is 2.35. The van der Waals surface area contributed by atoms with Gasteiger partial charge in [0.1, 0.15) is 5.92 Å². The lowest BCUT2D eigenvalue weighted by Crippen LogP contribution is -2.44. The maximum absolute atomic E-state index is 12.1. The molecule has 1 aromatic carbocycles. The van der Waals surface area contributed by atoms with Gasteiger partial charge in [0, 0.05) is 5.69 Å². The molecule has 114 valence electrons. The van der Waals surface area contributed by atoms with E-state index in [9.17, 15) is 9.59 Å². The van der Waals surface area contributed by atoms with Gasteiger partial charge in [-0.15, -0.1) is 0 Å². The molecule has 0 saturated carbocycles. The van der Waals surface area contributed by atoms with Crippen molar-refractivity contribution in [2.75, 3.05) is 18.5 Å². The normalized spacial score (nSPS) is 21.0. The summed E-state index contributed by atoms with van der Waals surface area (Å²) in [5, 5.41) is 14.6. The van der Waals surface area contributed by atoms with E-state index in [0.717, 1.165) is 23.2 Å². The van der Waals surface area contributed by atoms with E-state index in [1.807, 2.05) is 32.0 Å². The number of benzene rings is 1. The first kappa shape index (κ1) is 15.3. The van der Waals surface area contributed by atoms with E-state index >= 15 is 0 Å². The van der Waals surface area contributed by atoms with Gasteiger partial charge in [-0.1, -0.05) is 25.1 Å². The van der Waals surface area contributed by atoms with E-state index in [2.05, 4.69) is 10.6 Å². The molecule has 2 unspecified atom stereocenters. The van der Waals surface area contributed by atoms with Crippen LogP contribution in [0.4, 0.5) is 10.5 Å². The van der Waals surface area contributed by atoms with Crippen molar-refractivity contribution in [1.82, 2.24) is 5.32 Å². The Balaban J connectivity index is 2.04. The first-order valence-corrected chi connectivity index (χ1v) is 6.99. The minimum Gasteiger partial charge on any atom is -0.481 e. The monoisotopic (exact) mass is 292 g/mol. The largest absolute Gasteiger partial charge is 0.481 e. The number of anilines is 1. The summed E-state index contributed by atoms with van der Waals surface area (Å²) < 4.78 is 5.13. The molecule has 1 fully saturated rings. The Hall–Kier alpha value is -2.08. The summed E-state index contributed by atoms with van der Waals surface area (Å²) in [6, 6.07) is 4.93. The molecule has 2 rings (SSSR count). The van der Waals surface area contributed by atoms with E-state index in [-0.39, 0.29) is 13.2 Å². The van der Waals surface area contributed by atoms with Crippen LogP contribution >= 0.6 is 0 Å². The smallest absolute Gasteiger partial charge is 0.319 e. The molecule has 0 bridgehead atoms. The van der Waals surface area contributed by atoms with Gasteiger partial charge in [0.2, 0.25) is 0 Å². The lowest BCUT2D eigenvalue weighted by molar-refractivity contribution is -0.142. The van der Waals surface area contributed by atoms with Crippen molar-refractivity contribution in [2.24, 2.45) is 5.92 Å². The minimum absolute atomic E-state index is 0.130. The average Bonchev–Trinajstić information content (AvgIpc) is 2.89. The van der Waals surface area contributed by atoms with E-state index in [4.69, 9.17) is 9.84 Å². The van der Waals surface area contributed by atoms with Crippen molar-refractivity contribution in [3.63, 3.8) is 0 Å². The van der Waals surface area contributed by atoms with Crippen LogP contribution in [0.3, 0.4) is 0 Å². The number of hydrogen-bond acceptors (Lipinski definition) is 3. The lowest BCUT2D eigenvalue weighted by Gasteiger charge is -2.18. The Kier molecular flexibility index (Phi) is 4.80. The maximum atomic E-state index is 12.1. The molecular weight excluding hydrogens is 272 g/mol. The van der Waals surface area contributed by atoms with Gasteiger partial charge in [0.25, 0.3) is 0 Å². The number of amides is 2. The van der Waals surface area contributed by atoms with E-state index in [1.165, 1.54) is 0 Å². The second-order valence-electron chi connectivity index (χ2n) is 5.15. The Labute approximate surface area is 123 Å². The van der Waals surface area contributed by atoms with Gasteiger partial charge < -0.3 is 20.5 Å². The third-order valence-corrected chi connectivity index (χ3v) is 3.69. The number of rotatable bonds is 4. The van der Waals surface area contributed by atoms with Gasteiger partial charge in [0.15, 0.2) is 0 Å². The van der Waals surface area contributed by atoms with Gasteiger partial charge in [0.05, 0.1) is 19.3 Å². The number of hydrogen-bond donors (Lipinski definition) is 3. The summed E-state index contributed by atoms with van der Waals surface area (Å²) in [6.07, 6.45) is 0.807. The van der Waals surface area contributed by atoms with E-state index < -0.39 is 24.0 Å². The molecule has 0 radical (unpaired) electrons. The molecule has 6 heteroatoms. The number of urea groups is 1. The zero-order chi connectivity index (χ0) is 15.4. The first-order chi connectivity index (χ1) is 10.0. The van der Waals surface area contributed by atoms with Crippen LogP contribution < -0.4 is 10.6 Å². The van der Waals surface area contributed by atoms with Crippen LogP contribution in [0.5, 0.6) is 0 Å². The topological polar surface area (TPSA) is 87.7 Å². The predicted molar refractivity (Wildman–Crippen MR) is 78.4 cm³/mol. The number of nitrogens with one attached hydrogen (secondary N) is 2. The highest BCUT2D eigenvalue weighted by atomic mass is 16.5. The van der Waals surface area contributed by atoms with Gasteiger partial charge in [-0.3, -0.25) is 4.79 Å². The molecule has 0 spiro atoms. The zero-order valence-corrected chi connectivity index (χ0v) is 12.2. The molecule has 6 nitrogen and oxygen atoms in total. The Morgan fingerprint density at radius 2 is 2.14 bits per heavy atom. The highest BCUT2D eigenvalue weighted by Crippen LogP contribution is 2.21. The molecule has 0 aliphatic carbocycles. The third-order valence-electron chi connectivity index (χ3n) is 3.69. The Morgan fingerprint density at radius 1 is 1.38 bits per heavy atom. The zero-order valence-electron chi connectivity index (χ0n) is 12.2. The van der Waals surface area contributed by atoms with Gasteiger partial charge in [-0.25, -0.2) is 4.79 Å². The van der Waals surface area contributed by atoms with Crippen molar-refractivity contribution in [3.05, 3.63) is 29.3 Å².